The van der Waals surface area contributed by atoms with Crippen LogP contribution in [0.15, 0.2) is 12.5 Å². The number of imidazole rings is 1. The van der Waals surface area contributed by atoms with Gasteiger partial charge < -0.3 is 5.01 Å². The van der Waals surface area contributed by atoms with Gasteiger partial charge in [-0.15, -0.1) is 0 Å². The molecular weight excluding hydrogens is 265 g/mol. The molecule has 12 heavy (non-hydrogen) atoms. The Labute approximate surface area is 85.9 Å². The quantitative estimate of drug-likeness (QED) is 0.727. The molecule has 0 amide bonds. The minimum absolute atomic E-state index is 1.07. The number of halogens is 1. The SMILES string of the molecule is Ic1cn(N2CCCCC2)cn1. The molecule has 1 aliphatic heterocycles. The molecule has 0 radical (unpaired) electrons. The van der Waals surface area contributed by atoms with E-state index in [0.717, 1.165) is 3.70 Å². The molecule has 1 aliphatic rings. The van der Waals surface area contributed by atoms with Crippen molar-refractivity contribution in [2.75, 3.05) is 18.1 Å². The minimum Gasteiger partial charge on any atom is -0.312 e. The van der Waals surface area contributed by atoms with Crippen molar-refractivity contribution in [2.45, 2.75) is 19.3 Å². The van der Waals surface area contributed by atoms with Gasteiger partial charge in [-0.25, -0.2) is 4.98 Å². The molecule has 0 aliphatic carbocycles. The van der Waals surface area contributed by atoms with Crippen LogP contribution in [-0.4, -0.2) is 22.7 Å². The molecule has 1 aromatic rings. The van der Waals surface area contributed by atoms with E-state index in [1.807, 2.05) is 6.33 Å². The summed E-state index contributed by atoms with van der Waals surface area (Å²) in [5.41, 5.74) is 0. The van der Waals surface area contributed by atoms with E-state index in [2.05, 4.69) is 43.5 Å². The highest BCUT2D eigenvalue weighted by molar-refractivity contribution is 14.1. The average molecular weight is 277 g/mol. The van der Waals surface area contributed by atoms with Crippen LogP contribution in [-0.2, 0) is 0 Å². The molecule has 2 heterocycles. The van der Waals surface area contributed by atoms with E-state index in [0.29, 0.717) is 0 Å². The lowest BCUT2D eigenvalue weighted by atomic mass is 10.2. The second-order valence-electron chi connectivity index (χ2n) is 3.09. The Bertz CT molecular complexity index is 253. The third kappa shape index (κ3) is 1.73. The second-order valence-corrected chi connectivity index (χ2v) is 4.20. The molecular formula is C8H12IN3. The summed E-state index contributed by atoms with van der Waals surface area (Å²) in [5.74, 6) is 0. The first-order valence-corrected chi connectivity index (χ1v) is 5.39. The Hall–Kier alpha value is -0.260. The van der Waals surface area contributed by atoms with Gasteiger partial charge >= 0.3 is 0 Å². The van der Waals surface area contributed by atoms with Gasteiger partial charge in [0.15, 0.2) is 0 Å². The molecule has 1 fully saturated rings. The van der Waals surface area contributed by atoms with E-state index >= 15 is 0 Å². The molecule has 0 aromatic carbocycles. The van der Waals surface area contributed by atoms with Crippen molar-refractivity contribution >= 4 is 22.6 Å². The monoisotopic (exact) mass is 277 g/mol. The number of rotatable bonds is 1. The van der Waals surface area contributed by atoms with Crippen LogP contribution < -0.4 is 5.01 Å². The van der Waals surface area contributed by atoms with Gasteiger partial charge in [0.25, 0.3) is 0 Å². The molecule has 4 heteroatoms. The lowest BCUT2D eigenvalue weighted by Gasteiger charge is -2.28. The predicted octanol–water partition coefficient (Wildman–Crippen LogP) is 1.61. The zero-order chi connectivity index (χ0) is 8.39. The molecule has 0 unspecified atom stereocenters. The maximum Gasteiger partial charge on any atom is 0.121 e. The van der Waals surface area contributed by atoms with Gasteiger partial charge in [0.05, 0.1) is 6.20 Å². The van der Waals surface area contributed by atoms with E-state index in [1.165, 1.54) is 32.4 Å². The Kier molecular flexibility index (Phi) is 2.53. The Balaban J connectivity index is 2.08. The van der Waals surface area contributed by atoms with Gasteiger partial charge in [0.2, 0.25) is 0 Å². The molecule has 1 aromatic heterocycles. The smallest absolute Gasteiger partial charge is 0.121 e. The molecule has 66 valence electrons. The lowest BCUT2D eigenvalue weighted by Crippen LogP contribution is -2.38. The van der Waals surface area contributed by atoms with Crippen LogP contribution in [0.25, 0.3) is 0 Å². The topological polar surface area (TPSA) is 21.1 Å². The molecule has 0 spiro atoms. The van der Waals surface area contributed by atoms with Gasteiger partial charge in [-0.05, 0) is 41.9 Å². The first-order valence-electron chi connectivity index (χ1n) is 4.31. The molecule has 2 rings (SSSR count). The summed E-state index contributed by atoms with van der Waals surface area (Å²) in [6.07, 6.45) is 7.98. The van der Waals surface area contributed by atoms with Gasteiger partial charge in [-0.2, -0.15) is 0 Å². The number of aromatic nitrogens is 2. The van der Waals surface area contributed by atoms with E-state index in [-0.39, 0.29) is 0 Å². The fourth-order valence-corrected chi connectivity index (χ4v) is 1.96. The average Bonchev–Trinajstić information content (AvgIpc) is 2.54. The minimum atomic E-state index is 1.07. The van der Waals surface area contributed by atoms with Crippen molar-refractivity contribution in [3.05, 3.63) is 16.2 Å². The van der Waals surface area contributed by atoms with E-state index in [4.69, 9.17) is 0 Å². The maximum atomic E-state index is 4.20. The maximum absolute atomic E-state index is 4.20. The molecule has 0 N–H and O–H groups in total. The second kappa shape index (κ2) is 3.64. The van der Waals surface area contributed by atoms with Gasteiger partial charge in [-0.3, -0.25) is 4.68 Å². The highest BCUT2D eigenvalue weighted by Crippen LogP contribution is 2.09. The molecule has 1 saturated heterocycles. The third-order valence-electron chi connectivity index (χ3n) is 2.20. The van der Waals surface area contributed by atoms with Crippen LogP contribution >= 0.6 is 22.6 Å². The van der Waals surface area contributed by atoms with Gasteiger partial charge in [0, 0.05) is 13.1 Å². The summed E-state index contributed by atoms with van der Waals surface area (Å²) in [5, 5.41) is 2.35. The molecule has 0 saturated carbocycles. The summed E-state index contributed by atoms with van der Waals surface area (Å²) in [7, 11) is 0. The fourth-order valence-electron chi connectivity index (χ4n) is 1.55. The predicted molar refractivity (Wildman–Crippen MR) is 56.7 cm³/mol. The number of piperidine rings is 1. The van der Waals surface area contributed by atoms with E-state index < -0.39 is 0 Å². The van der Waals surface area contributed by atoms with Gasteiger partial charge in [0.1, 0.15) is 10.0 Å². The Morgan fingerprint density at radius 2 is 2.00 bits per heavy atom. The first-order chi connectivity index (χ1) is 5.86. The van der Waals surface area contributed by atoms with E-state index in [9.17, 15) is 0 Å². The summed E-state index contributed by atoms with van der Waals surface area (Å²) in [6.45, 7) is 2.35. The number of nitrogens with zero attached hydrogens (tertiary/aromatic N) is 3. The van der Waals surface area contributed by atoms with Crippen molar-refractivity contribution < 1.29 is 0 Å². The zero-order valence-electron chi connectivity index (χ0n) is 6.91. The normalized spacial score (nSPS) is 18.2. The lowest BCUT2D eigenvalue weighted by molar-refractivity contribution is 0.478. The number of hydrogen-bond acceptors (Lipinski definition) is 2. The zero-order valence-corrected chi connectivity index (χ0v) is 9.07. The van der Waals surface area contributed by atoms with E-state index in [1.54, 1.807) is 0 Å². The van der Waals surface area contributed by atoms with Gasteiger partial charge in [-0.1, -0.05) is 0 Å². The van der Waals surface area contributed by atoms with Crippen molar-refractivity contribution in [2.24, 2.45) is 0 Å². The molecule has 3 nitrogen and oxygen atoms in total. The van der Waals surface area contributed by atoms with Crippen LogP contribution in [0.3, 0.4) is 0 Å². The van der Waals surface area contributed by atoms with Crippen LogP contribution in [0.2, 0.25) is 0 Å². The van der Waals surface area contributed by atoms with Crippen LogP contribution in [0.1, 0.15) is 19.3 Å². The molecule has 0 atom stereocenters. The Morgan fingerprint density at radius 3 is 2.58 bits per heavy atom. The standard InChI is InChI=1S/C8H12IN3/c9-8-6-12(7-10-8)11-4-2-1-3-5-11/h6-7H,1-5H2. The van der Waals surface area contributed by atoms with Crippen molar-refractivity contribution in [1.29, 1.82) is 0 Å². The van der Waals surface area contributed by atoms with Crippen molar-refractivity contribution in [1.82, 2.24) is 9.66 Å². The summed E-state index contributed by atoms with van der Waals surface area (Å²) < 4.78 is 3.18. The molecule has 0 bridgehead atoms. The number of hydrogen-bond donors (Lipinski definition) is 0. The first kappa shape index (κ1) is 8.34. The van der Waals surface area contributed by atoms with Crippen molar-refractivity contribution in [3.63, 3.8) is 0 Å². The summed E-state index contributed by atoms with van der Waals surface area (Å²) >= 11 is 2.24. The largest absolute Gasteiger partial charge is 0.312 e. The summed E-state index contributed by atoms with van der Waals surface area (Å²) in [6, 6.07) is 0. The Morgan fingerprint density at radius 1 is 1.25 bits per heavy atom. The van der Waals surface area contributed by atoms with Crippen LogP contribution in [0.5, 0.6) is 0 Å². The van der Waals surface area contributed by atoms with Crippen molar-refractivity contribution in [3.8, 4) is 0 Å². The highest BCUT2D eigenvalue weighted by atomic mass is 127. The van der Waals surface area contributed by atoms with Crippen LogP contribution in [0.4, 0.5) is 0 Å². The van der Waals surface area contributed by atoms with Crippen LogP contribution in [0, 0.1) is 3.70 Å². The fraction of sp³-hybridized carbons (Fsp3) is 0.625. The summed E-state index contributed by atoms with van der Waals surface area (Å²) in [4.78, 5) is 4.20. The third-order valence-corrected chi connectivity index (χ3v) is 2.75. The highest BCUT2D eigenvalue weighted by Gasteiger charge is 2.09.